The molecule has 0 saturated carbocycles. The summed E-state index contributed by atoms with van der Waals surface area (Å²) >= 11 is 3.20. The van der Waals surface area contributed by atoms with Crippen LogP contribution in [0.2, 0.25) is 0 Å². The van der Waals surface area contributed by atoms with Crippen LogP contribution in [0.3, 0.4) is 0 Å². The quantitative estimate of drug-likeness (QED) is 0.731. The van der Waals surface area contributed by atoms with Crippen molar-refractivity contribution >= 4 is 27.7 Å². The lowest BCUT2D eigenvalue weighted by atomic mass is 9.90. The summed E-state index contributed by atoms with van der Waals surface area (Å²) in [4.78, 5) is 20.8. The zero-order valence-corrected chi connectivity index (χ0v) is 14.0. The Balaban J connectivity index is 1.82. The van der Waals surface area contributed by atoms with Crippen LogP contribution in [0.25, 0.3) is 5.69 Å². The van der Waals surface area contributed by atoms with Crippen LogP contribution in [0.5, 0.6) is 0 Å². The Hall–Kier alpha value is -2.54. The minimum atomic E-state index is -0.333. The van der Waals surface area contributed by atoms with Crippen LogP contribution >= 0.6 is 15.9 Å². The predicted molar refractivity (Wildman–Crippen MR) is 90.5 cm³/mol. The number of hydrogen-bond donors (Lipinski definition) is 1. The summed E-state index contributed by atoms with van der Waals surface area (Å²) in [6.07, 6.45) is 5.32. The highest BCUT2D eigenvalue weighted by molar-refractivity contribution is 9.10. The summed E-state index contributed by atoms with van der Waals surface area (Å²) in [5, 5.41) is 2.88. The molecule has 0 spiro atoms. The van der Waals surface area contributed by atoms with Crippen molar-refractivity contribution in [1.29, 1.82) is 0 Å². The van der Waals surface area contributed by atoms with Gasteiger partial charge in [0.1, 0.15) is 18.0 Å². The molecule has 1 aromatic carbocycles. The fraction of sp³-hybridized carbons (Fsp3) is 0.118. The number of aromatic nitrogens is 3. The number of nitrogens with one attached hydrogen (secondary N) is 1. The normalized spacial score (nSPS) is 16.6. The zero-order valence-electron chi connectivity index (χ0n) is 12.4. The van der Waals surface area contributed by atoms with E-state index in [0.717, 1.165) is 16.9 Å². The fourth-order valence-electron chi connectivity index (χ4n) is 2.90. The highest BCUT2D eigenvalue weighted by atomic mass is 79.9. The van der Waals surface area contributed by atoms with Crippen LogP contribution in [-0.4, -0.2) is 20.4 Å². The Bertz CT molecular complexity index is 926. The van der Waals surface area contributed by atoms with Gasteiger partial charge in [-0.2, -0.15) is 0 Å². The molecule has 120 valence electrons. The number of hydrogen-bond acceptors (Lipinski definition) is 3. The van der Waals surface area contributed by atoms with Gasteiger partial charge in [0.05, 0.1) is 22.1 Å². The molecule has 0 fully saturated rings. The molecule has 0 bridgehead atoms. The first-order chi connectivity index (χ1) is 11.6. The minimum absolute atomic E-state index is 0.0985. The molecule has 7 heteroatoms. The Morgan fingerprint density at radius 2 is 2.21 bits per heavy atom. The number of fused-ring (bicyclic) bond motifs is 1. The summed E-state index contributed by atoms with van der Waals surface area (Å²) in [5.74, 6) is -0.0213. The second-order valence-corrected chi connectivity index (χ2v) is 6.39. The number of benzene rings is 1. The molecule has 3 aromatic rings. The summed E-state index contributed by atoms with van der Waals surface area (Å²) < 4.78 is 15.7. The van der Waals surface area contributed by atoms with Gasteiger partial charge in [0.15, 0.2) is 0 Å². The van der Waals surface area contributed by atoms with E-state index in [1.807, 2.05) is 12.1 Å². The number of carbonyl (C=O) groups is 1. The van der Waals surface area contributed by atoms with Crippen molar-refractivity contribution in [2.75, 3.05) is 5.32 Å². The standard InChI is InChI=1S/C17H12BrFN4O/c18-13-6-10(3-4-14(13)19)12-7-15(24)22-17-16(12)21-9-23(17)11-2-1-5-20-8-11/h1-6,8-9,12H,7H2,(H,22,24)/t12-/m0/s1. The van der Waals surface area contributed by atoms with Crippen molar-refractivity contribution in [3.05, 3.63) is 70.6 Å². The second-order valence-electron chi connectivity index (χ2n) is 5.54. The van der Waals surface area contributed by atoms with E-state index in [1.54, 1.807) is 35.4 Å². The molecular weight excluding hydrogens is 375 g/mol. The summed E-state index contributed by atoms with van der Waals surface area (Å²) in [5.41, 5.74) is 2.42. The minimum Gasteiger partial charge on any atom is -0.310 e. The van der Waals surface area contributed by atoms with E-state index in [9.17, 15) is 9.18 Å². The zero-order chi connectivity index (χ0) is 16.7. The molecule has 4 rings (SSSR count). The number of carbonyl (C=O) groups excluding carboxylic acids is 1. The summed E-state index contributed by atoms with van der Waals surface area (Å²) in [6.45, 7) is 0. The van der Waals surface area contributed by atoms with Gasteiger partial charge in [-0.3, -0.25) is 14.3 Å². The van der Waals surface area contributed by atoms with E-state index in [4.69, 9.17) is 0 Å². The molecule has 0 unspecified atom stereocenters. The van der Waals surface area contributed by atoms with E-state index >= 15 is 0 Å². The van der Waals surface area contributed by atoms with Crippen molar-refractivity contribution in [3.8, 4) is 5.69 Å². The largest absolute Gasteiger partial charge is 0.310 e. The lowest BCUT2D eigenvalue weighted by molar-refractivity contribution is -0.116. The van der Waals surface area contributed by atoms with Crippen molar-refractivity contribution in [1.82, 2.24) is 14.5 Å². The SMILES string of the molecule is O=C1C[C@@H](c2ccc(F)c(Br)c2)c2ncn(-c3cccnc3)c2N1. The van der Waals surface area contributed by atoms with Gasteiger partial charge in [0.2, 0.25) is 5.91 Å². The molecule has 0 radical (unpaired) electrons. The number of anilines is 1. The van der Waals surface area contributed by atoms with Crippen LogP contribution in [0.1, 0.15) is 23.6 Å². The van der Waals surface area contributed by atoms with Crippen LogP contribution in [0.4, 0.5) is 10.2 Å². The smallest absolute Gasteiger partial charge is 0.226 e. The highest BCUT2D eigenvalue weighted by Crippen LogP contribution is 2.38. The van der Waals surface area contributed by atoms with Gasteiger partial charge < -0.3 is 5.32 Å². The number of halogens is 2. The topological polar surface area (TPSA) is 59.8 Å². The number of amides is 1. The van der Waals surface area contributed by atoms with Crippen molar-refractivity contribution in [3.63, 3.8) is 0 Å². The summed E-state index contributed by atoms with van der Waals surface area (Å²) in [7, 11) is 0. The van der Waals surface area contributed by atoms with Gasteiger partial charge in [0.25, 0.3) is 0 Å². The van der Waals surface area contributed by atoms with Crippen molar-refractivity contribution < 1.29 is 9.18 Å². The van der Waals surface area contributed by atoms with Gasteiger partial charge in [-0.1, -0.05) is 6.07 Å². The molecule has 24 heavy (non-hydrogen) atoms. The summed E-state index contributed by atoms with van der Waals surface area (Å²) in [6, 6.07) is 8.49. The van der Waals surface area contributed by atoms with Gasteiger partial charge in [-0.25, -0.2) is 9.37 Å². The number of rotatable bonds is 2. The van der Waals surface area contributed by atoms with Gasteiger partial charge in [-0.15, -0.1) is 0 Å². The third kappa shape index (κ3) is 2.50. The Morgan fingerprint density at radius 3 is 2.96 bits per heavy atom. The third-order valence-corrected chi connectivity index (χ3v) is 4.65. The van der Waals surface area contributed by atoms with E-state index in [-0.39, 0.29) is 24.1 Å². The number of pyridine rings is 1. The second kappa shape index (κ2) is 5.83. The maximum Gasteiger partial charge on any atom is 0.226 e. The monoisotopic (exact) mass is 386 g/mol. The first-order valence-corrected chi connectivity index (χ1v) is 8.15. The molecule has 1 amide bonds. The molecule has 3 heterocycles. The average Bonchev–Trinajstić information content (AvgIpc) is 3.01. The van der Waals surface area contributed by atoms with Crippen molar-refractivity contribution in [2.45, 2.75) is 12.3 Å². The van der Waals surface area contributed by atoms with Gasteiger partial charge in [-0.05, 0) is 45.8 Å². The molecule has 1 aliphatic rings. The van der Waals surface area contributed by atoms with Crippen LogP contribution in [0, 0.1) is 5.82 Å². The molecule has 1 aliphatic heterocycles. The van der Waals surface area contributed by atoms with Crippen molar-refractivity contribution in [2.24, 2.45) is 0 Å². The predicted octanol–water partition coefficient (Wildman–Crippen LogP) is 3.64. The Labute approximate surface area is 145 Å². The Morgan fingerprint density at radius 1 is 1.33 bits per heavy atom. The molecule has 0 aliphatic carbocycles. The maximum atomic E-state index is 13.5. The first kappa shape index (κ1) is 15.0. The molecule has 1 N–H and O–H groups in total. The number of imidazole rings is 1. The lowest BCUT2D eigenvalue weighted by Crippen LogP contribution is -2.25. The average molecular weight is 387 g/mol. The van der Waals surface area contributed by atoms with Crippen LogP contribution < -0.4 is 5.32 Å². The third-order valence-electron chi connectivity index (χ3n) is 4.04. The first-order valence-electron chi connectivity index (χ1n) is 7.36. The maximum absolute atomic E-state index is 13.5. The fourth-order valence-corrected chi connectivity index (χ4v) is 3.30. The van der Waals surface area contributed by atoms with E-state index < -0.39 is 0 Å². The van der Waals surface area contributed by atoms with Gasteiger partial charge >= 0.3 is 0 Å². The molecule has 0 saturated heterocycles. The molecule has 2 aromatic heterocycles. The lowest BCUT2D eigenvalue weighted by Gasteiger charge is -2.23. The molecule has 1 atom stereocenters. The Kier molecular flexibility index (Phi) is 3.65. The molecule has 5 nitrogen and oxygen atoms in total. The molecular formula is C17H12BrFN4O. The van der Waals surface area contributed by atoms with Crippen LogP contribution in [-0.2, 0) is 4.79 Å². The van der Waals surface area contributed by atoms with E-state index in [1.165, 1.54) is 6.07 Å². The van der Waals surface area contributed by atoms with Gasteiger partial charge in [0, 0.05) is 18.5 Å². The van der Waals surface area contributed by atoms with Crippen LogP contribution in [0.15, 0.2) is 53.5 Å². The number of nitrogens with zero attached hydrogens (tertiary/aromatic N) is 3. The van der Waals surface area contributed by atoms with E-state index in [0.29, 0.717) is 10.3 Å². The highest BCUT2D eigenvalue weighted by Gasteiger charge is 2.31. The van der Waals surface area contributed by atoms with E-state index in [2.05, 4.69) is 31.2 Å².